The highest BCUT2D eigenvalue weighted by Gasteiger charge is 2.38. The lowest BCUT2D eigenvalue weighted by molar-refractivity contribution is 1.44. The molecule has 15 aromatic rings. The molecule has 0 spiro atoms. The lowest BCUT2D eigenvalue weighted by Crippen LogP contribution is -2.01. The van der Waals surface area contributed by atoms with Crippen molar-refractivity contribution < 1.29 is 0 Å². The Hall–Kier alpha value is -10.4. The molecule has 0 saturated heterocycles. The van der Waals surface area contributed by atoms with Crippen molar-refractivity contribution in [2.45, 2.75) is 27.7 Å². The van der Waals surface area contributed by atoms with Crippen LogP contribution < -0.4 is 0 Å². The molecule has 0 radical (unpaired) electrons. The van der Waals surface area contributed by atoms with E-state index in [2.05, 4.69) is 295 Å². The van der Waals surface area contributed by atoms with Crippen LogP contribution >= 0.6 is 0 Å². The molecular weight excluding hydrogens is 1010 g/mol. The van der Waals surface area contributed by atoms with Crippen molar-refractivity contribution >= 4 is 43.1 Å². The first kappa shape index (κ1) is 48.3. The second-order valence-corrected chi connectivity index (χ2v) is 23.4. The normalized spacial score (nSPS) is 12.0. The van der Waals surface area contributed by atoms with E-state index >= 15 is 0 Å². The minimum Gasteiger partial charge on any atom is -0.0622 e. The molecule has 0 amide bonds. The molecule has 17 rings (SSSR count). The highest BCUT2D eigenvalue weighted by molar-refractivity contribution is 6.42. The van der Waals surface area contributed by atoms with E-state index in [0.717, 1.165) is 0 Å². The molecule has 0 fully saturated rings. The second kappa shape index (κ2) is 18.6. The van der Waals surface area contributed by atoms with Gasteiger partial charge in [-0.05, 0) is 227 Å². The molecule has 2 aliphatic carbocycles. The molecule has 2 aliphatic rings. The van der Waals surface area contributed by atoms with Crippen LogP contribution in [0.4, 0.5) is 0 Å². The van der Waals surface area contributed by atoms with Gasteiger partial charge < -0.3 is 0 Å². The van der Waals surface area contributed by atoms with Crippen LogP contribution in [0.2, 0.25) is 0 Å². The second-order valence-electron chi connectivity index (χ2n) is 23.4. The third-order valence-corrected chi connectivity index (χ3v) is 18.9. The summed E-state index contributed by atoms with van der Waals surface area (Å²) in [6, 6.07) is 101. The number of hydrogen-bond acceptors (Lipinski definition) is 0. The van der Waals surface area contributed by atoms with E-state index in [1.165, 1.54) is 199 Å². The van der Waals surface area contributed by atoms with E-state index in [9.17, 15) is 0 Å². The van der Waals surface area contributed by atoms with Gasteiger partial charge in [0, 0.05) is 0 Å². The van der Waals surface area contributed by atoms with Gasteiger partial charge in [-0.1, -0.05) is 267 Å². The summed E-state index contributed by atoms with van der Waals surface area (Å²) in [5.74, 6) is 0. The zero-order valence-corrected chi connectivity index (χ0v) is 47.4. The summed E-state index contributed by atoms with van der Waals surface area (Å²) in [5, 5.41) is 10.5. The Morgan fingerprint density at radius 1 is 0.143 bits per heavy atom. The van der Waals surface area contributed by atoms with Gasteiger partial charge in [0.2, 0.25) is 0 Å². The Bertz CT molecular complexity index is 4590. The molecule has 0 heterocycles. The van der Waals surface area contributed by atoms with Crippen LogP contribution in [0, 0.1) is 27.7 Å². The Balaban J connectivity index is 1.03. The fourth-order valence-electron chi connectivity index (χ4n) is 15.4. The topological polar surface area (TPSA) is 0 Å². The van der Waals surface area contributed by atoms with Gasteiger partial charge in [0.15, 0.2) is 0 Å². The van der Waals surface area contributed by atoms with Crippen LogP contribution in [0.3, 0.4) is 0 Å². The summed E-state index contributed by atoms with van der Waals surface area (Å²) in [6.07, 6.45) is 0. The zero-order valence-electron chi connectivity index (χ0n) is 47.4. The van der Waals surface area contributed by atoms with Crippen molar-refractivity contribution in [3.05, 3.63) is 289 Å². The predicted octanol–water partition coefficient (Wildman–Crippen LogP) is 23.6. The van der Waals surface area contributed by atoms with Gasteiger partial charge >= 0.3 is 0 Å². The fourth-order valence-corrected chi connectivity index (χ4v) is 15.4. The molecule has 392 valence electrons. The zero-order chi connectivity index (χ0) is 55.9. The summed E-state index contributed by atoms with van der Waals surface area (Å²) >= 11 is 0. The van der Waals surface area contributed by atoms with E-state index < -0.39 is 0 Å². The number of fused-ring (bicyclic) bond motifs is 8. The molecule has 0 heteroatoms. The van der Waals surface area contributed by atoms with Crippen molar-refractivity contribution in [2.75, 3.05) is 0 Å². The Kier molecular flexibility index (Phi) is 10.7. The van der Waals surface area contributed by atoms with Gasteiger partial charge in [-0.2, -0.15) is 0 Å². The SMILES string of the molecule is Cc1ccccc1-c1c(-c2ccccc2)c(-c2ccccc2)c(-c2ccccc2C)c2c1-c1ccc3c4ccc5c6c(ccc(c7ccc-2c1c37)c64)-c1c(-c2ccccc2C)c(-c2ccccc2)c(-c2ccccc2)c(-c2ccccc2C)c1-5. The third-order valence-electron chi connectivity index (χ3n) is 18.9. The quantitative estimate of drug-likeness (QED) is 0.105. The summed E-state index contributed by atoms with van der Waals surface area (Å²) in [7, 11) is 0. The molecule has 0 aromatic heterocycles. The number of benzene rings is 15. The van der Waals surface area contributed by atoms with E-state index in [4.69, 9.17) is 0 Å². The third kappa shape index (κ3) is 6.77. The summed E-state index contributed by atoms with van der Waals surface area (Å²) in [4.78, 5) is 0. The van der Waals surface area contributed by atoms with Crippen LogP contribution in [0.1, 0.15) is 22.3 Å². The van der Waals surface area contributed by atoms with Crippen molar-refractivity contribution in [1.29, 1.82) is 0 Å². The monoisotopic (exact) mass is 1060 g/mol. The largest absolute Gasteiger partial charge is 0.0622 e. The van der Waals surface area contributed by atoms with Crippen molar-refractivity contribution in [3.8, 4) is 134 Å². The first-order chi connectivity index (χ1) is 41.4. The molecule has 0 saturated carbocycles. The van der Waals surface area contributed by atoms with Crippen molar-refractivity contribution in [3.63, 3.8) is 0 Å². The van der Waals surface area contributed by atoms with E-state index in [-0.39, 0.29) is 0 Å². The van der Waals surface area contributed by atoms with Crippen LogP contribution in [0.15, 0.2) is 267 Å². The maximum Gasteiger partial charge on any atom is -0.000708 e. The number of hydrogen-bond donors (Lipinski definition) is 0. The standard InChI is InChI=1S/C84H56/c1-49-25-17-21-37-57(49)77-69(53-29-9-5-10-30-53)70(54-31-11-6-12-32-54)78(58-38-22-18-26-50(58)2)82-66-46-42-62-64-44-48-68-76-67(47-43-63(74(64)76)61-41-45-65(81(77)82)75(66)73(61)62)83-79(59-39-23-19-27-51(59)3)71(55-33-13-7-14-34-55)72(56-35-15-8-16-36-56)80(84(68)83)60-40-24-20-28-52(60)4/h5-48H,1-4H3. The predicted molar refractivity (Wildman–Crippen MR) is 359 cm³/mol. The lowest BCUT2D eigenvalue weighted by atomic mass is 9.75. The van der Waals surface area contributed by atoms with E-state index in [0.29, 0.717) is 0 Å². The first-order valence-corrected chi connectivity index (χ1v) is 29.6. The minimum atomic E-state index is 1.21. The average Bonchev–Trinajstić information content (AvgIpc) is 1.53. The maximum absolute atomic E-state index is 2.49. The molecule has 0 nitrogen and oxygen atoms in total. The lowest BCUT2D eigenvalue weighted by Gasteiger charge is -2.27. The molecule has 15 aromatic carbocycles. The van der Waals surface area contributed by atoms with E-state index in [1.54, 1.807) is 0 Å². The van der Waals surface area contributed by atoms with Gasteiger partial charge in [0.25, 0.3) is 0 Å². The van der Waals surface area contributed by atoms with Gasteiger partial charge in [-0.25, -0.2) is 0 Å². The molecule has 0 bridgehead atoms. The van der Waals surface area contributed by atoms with Gasteiger partial charge in [0.1, 0.15) is 0 Å². The fraction of sp³-hybridized carbons (Fsp3) is 0.0476. The van der Waals surface area contributed by atoms with Crippen molar-refractivity contribution in [2.24, 2.45) is 0 Å². The molecule has 84 heavy (non-hydrogen) atoms. The summed E-state index contributed by atoms with van der Waals surface area (Å²) in [6.45, 7) is 9.15. The highest BCUT2D eigenvalue weighted by atomic mass is 14.4. The molecule has 0 unspecified atom stereocenters. The van der Waals surface area contributed by atoms with Gasteiger partial charge in [-0.15, -0.1) is 0 Å². The van der Waals surface area contributed by atoms with Gasteiger partial charge in [0.05, 0.1) is 0 Å². The minimum absolute atomic E-state index is 1.21. The Labute approximate surface area is 490 Å². The van der Waals surface area contributed by atoms with Crippen LogP contribution in [0.25, 0.3) is 177 Å². The highest BCUT2D eigenvalue weighted by Crippen LogP contribution is 2.66. The van der Waals surface area contributed by atoms with Gasteiger partial charge in [-0.3, -0.25) is 0 Å². The number of rotatable bonds is 8. The average molecular weight is 1070 g/mol. The summed E-state index contributed by atoms with van der Waals surface area (Å²) < 4.78 is 0. The number of aryl methyl sites for hydroxylation is 4. The van der Waals surface area contributed by atoms with E-state index in [1.807, 2.05) is 0 Å². The van der Waals surface area contributed by atoms with Crippen LogP contribution in [-0.2, 0) is 0 Å². The molecule has 0 N–H and O–H groups in total. The van der Waals surface area contributed by atoms with Crippen LogP contribution in [-0.4, -0.2) is 0 Å². The maximum atomic E-state index is 2.49. The molecule has 0 atom stereocenters. The Morgan fingerprint density at radius 2 is 0.333 bits per heavy atom. The van der Waals surface area contributed by atoms with Crippen LogP contribution in [0.5, 0.6) is 0 Å². The smallest absolute Gasteiger partial charge is 0.000708 e. The first-order valence-electron chi connectivity index (χ1n) is 29.6. The molecular formula is C84H56. The molecule has 0 aliphatic heterocycles. The summed E-state index contributed by atoms with van der Waals surface area (Å²) in [5.41, 5.74) is 35.5. The van der Waals surface area contributed by atoms with Crippen molar-refractivity contribution in [1.82, 2.24) is 0 Å². The Morgan fingerprint density at radius 3 is 0.548 bits per heavy atom.